The number of thioether (sulfide) groups is 1. The Hall–Kier alpha value is -3.32. The van der Waals surface area contributed by atoms with E-state index in [-0.39, 0.29) is 11.7 Å². The molecule has 1 aliphatic heterocycles. The van der Waals surface area contributed by atoms with Crippen molar-refractivity contribution in [3.63, 3.8) is 0 Å². The number of pyridine rings is 1. The van der Waals surface area contributed by atoms with Gasteiger partial charge in [0.05, 0.1) is 17.9 Å². The number of carbonyl (C=O) groups excluding carboxylic acids is 1. The fourth-order valence-corrected chi connectivity index (χ4v) is 5.09. The fraction of sp³-hybridized carbons (Fsp3) is 0.200. The zero-order valence-corrected chi connectivity index (χ0v) is 18.4. The Labute approximate surface area is 189 Å². The molecule has 32 heavy (non-hydrogen) atoms. The average molecular weight is 448 g/mol. The summed E-state index contributed by atoms with van der Waals surface area (Å²) in [5.74, 6) is 0.240. The number of H-pyrrole nitrogens is 1. The highest BCUT2D eigenvalue weighted by molar-refractivity contribution is 7.99. The van der Waals surface area contributed by atoms with Gasteiger partial charge in [-0.1, -0.05) is 36.0 Å². The van der Waals surface area contributed by atoms with E-state index in [1.165, 1.54) is 24.9 Å². The molecule has 0 spiro atoms. The highest BCUT2D eigenvalue weighted by atomic mass is 32.2. The van der Waals surface area contributed by atoms with Gasteiger partial charge in [0.15, 0.2) is 0 Å². The Morgan fingerprint density at radius 2 is 2.06 bits per heavy atom. The molecule has 0 aliphatic carbocycles. The number of amides is 1. The van der Waals surface area contributed by atoms with E-state index in [0.717, 1.165) is 27.2 Å². The zero-order chi connectivity index (χ0) is 22.1. The molecule has 4 aromatic rings. The summed E-state index contributed by atoms with van der Waals surface area (Å²) in [6, 6.07) is 18.0. The fourth-order valence-electron chi connectivity index (χ4n) is 4.34. The number of para-hydroxylation sites is 1. The van der Waals surface area contributed by atoms with E-state index in [0.29, 0.717) is 24.3 Å². The summed E-state index contributed by atoms with van der Waals surface area (Å²) in [4.78, 5) is 22.9. The van der Waals surface area contributed by atoms with Crippen LogP contribution in [0.3, 0.4) is 0 Å². The standard InChI is InChI=1S/C25H22FN3O2S/c1-31-16-9-10-19(20(26)14-16)25-24-18(17-6-2-3-7-21(17)28-24)11-13-29(25)23(30)15-32-22-8-4-5-12-27-22/h2-10,12,14,25,28H,11,13,15H2,1H3. The monoisotopic (exact) mass is 447 g/mol. The highest BCUT2D eigenvalue weighted by Gasteiger charge is 2.36. The third-order valence-electron chi connectivity index (χ3n) is 5.84. The second-order valence-electron chi connectivity index (χ2n) is 7.65. The Bertz CT molecular complexity index is 1270. The minimum Gasteiger partial charge on any atom is -0.497 e. The first-order valence-electron chi connectivity index (χ1n) is 10.4. The maximum atomic E-state index is 15.2. The highest BCUT2D eigenvalue weighted by Crippen LogP contribution is 2.40. The summed E-state index contributed by atoms with van der Waals surface area (Å²) < 4.78 is 20.4. The number of aromatic nitrogens is 2. The lowest BCUT2D eigenvalue weighted by atomic mass is 9.92. The maximum Gasteiger partial charge on any atom is 0.233 e. The van der Waals surface area contributed by atoms with Gasteiger partial charge in [0.25, 0.3) is 0 Å². The number of methoxy groups -OCH3 is 1. The van der Waals surface area contributed by atoms with E-state index >= 15 is 4.39 Å². The number of aromatic amines is 1. The first kappa shape index (κ1) is 20.6. The van der Waals surface area contributed by atoms with Gasteiger partial charge in [0.2, 0.25) is 5.91 Å². The molecule has 2 aromatic heterocycles. The van der Waals surface area contributed by atoms with Crippen molar-refractivity contribution in [1.82, 2.24) is 14.9 Å². The van der Waals surface area contributed by atoms with Gasteiger partial charge in [-0.15, -0.1) is 0 Å². The van der Waals surface area contributed by atoms with Gasteiger partial charge >= 0.3 is 0 Å². The van der Waals surface area contributed by atoms with Crippen LogP contribution in [-0.2, 0) is 11.2 Å². The van der Waals surface area contributed by atoms with Gasteiger partial charge in [0, 0.05) is 41.0 Å². The Balaban J connectivity index is 1.54. The minimum absolute atomic E-state index is 0.0508. The van der Waals surface area contributed by atoms with Gasteiger partial charge < -0.3 is 14.6 Å². The molecular weight excluding hydrogens is 425 g/mol. The lowest BCUT2D eigenvalue weighted by Gasteiger charge is -2.36. The lowest BCUT2D eigenvalue weighted by molar-refractivity contribution is -0.130. The molecule has 1 atom stereocenters. The quantitative estimate of drug-likeness (QED) is 0.439. The van der Waals surface area contributed by atoms with Crippen LogP contribution in [0.2, 0.25) is 0 Å². The lowest BCUT2D eigenvalue weighted by Crippen LogP contribution is -2.41. The van der Waals surface area contributed by atoms with Crippen LogP contribution >= 0.6 is 11.8 Å². The number of nitrogens with one attached hydrogen (secondary N) is 1. The first-order valence-corrected chi connectivity index (χ1v) is 11.4. The summed E-state index contributed by atoms with van der Waals surface area (Å²) >= 11 is 1.39. The molecule has 1 unspecified atom stereocenters. The van der Waals surface area contributed by atoms with E-state index in [4.69, 9.17) is 4.74 Å². The van der Waals surface area contributed by atoms with E-state index in [1.807, 2.05) is 36.4 Å². The molecular formula is C25H22FN3O2S. The third-order valence-corrected chi connectivity index (χ3v) is 6.77. The maximum absolute atomic E-state index is 15.2. The van der Waals surface area contributed by atoms with E-state index in [9.17, 15) is 4.79 Å². The molecule has 7 heteroatoms. The van der Waals surface area contributed by atoms with E-state index in [1.54, 1.807) is 23.2 Å². The molecule has 162 valence electrons. The molecule has 0 fully saturated rings. The summed E-state index contributed by atoms with van der Waals surface area (Å²) in [5, 5.41) is 1.91. The minimum atomic E-state index is -0.533. The van der Waals surface area contributed by atoms with Crippen molar-refractivity contribution in [2.45, 2.75) is 17.5 Å². The molecule has 5 nitrogen and oxygen atoms in total. The number of benzene rings is 2. The zero-order valence-electron chi connectivity index (χ0n) is 17.5. The topological polar surface area (TPSA) is 58.2 Å². The average Bonchev–Trinajstić information content (AvgIpc) is 3.21. The van der Waals surface area contributed by atoms with E-state index in [2.05, 4.69) is 16.0 Å². The molecule has 0 saturated heterocycles. The third kappa shape index (κ3) is 3.73. The molecule has 2 aromatic carbocycles. The molecule has 5 rings (SSSR count). The van der Waals surface area contributed by atoms with E-state index < -0.39 is 11.9 Å². The van der Waals surface area contributed by atoms with Crippen LogP contribution in [-0.4, -0.2) is 40.2 Å². The van der Waals surface area contributed by atoms with Crippen molar-refractivity contribution in [2.24, 2.45) is 0 Å². The van der Waals surface area contributed by atoms with Crippen molar-refractivity contribution in [2.75, 3.05) is 19.4 Å². The molecule has 1 N–H and O–H groups in total. The first-order chi connectivity index (χ1) is 15.7. The summed E-state index contributed by atoms with van der Waals surface area (Å²) in [6.45, 7) is 0.520. The SMILES string of the molecule is COc1ccc(C2c3[nH]c4ccccc4c3CCN2C(=O)CSc2ccccn2)c(F)c1. The van der Waals surface area contributed by atoms with Crippen molar-refractivity contribution < 1.29 is 13.9 Å². The second kappa shape index (κ2) is 8.67. The van der Waals surface area contributed by atoms with Crippen molar-refractivity contribution >= 4 is 28.6 Å². The molecule has 0 radical (unpaired) electrons. The number of ether oxygens (including phenoxy) is 1. The molecule has 3 heterocycles. The van der Waals surface area contributed by atoms with Crippen LogP contribution in [0.1, 0.15) is 22.9 Å². The smallest absolute Gasteiger partial charge is 0.233 e. The predicted molar refractivity (Wildman–Crippen MR) is 123 cm³/mol. The van der Waals surface area contributed by atoms with Crippen LogP contribution in [0.25, 0.3) is 10.9 Å². The van der Waals surface area contributed by atoms with Crippen LogP contribution in [0.4, 0.5) is 4.39 Å². The van der Waals surface area contributed by atoms with Gasteiger partial charge in [-0.05, 0) is 42.3 Å². The molecule has 1 amide bonds. The number of nitrogens with zero attached hydrogens (tertiary/aromatic N) is 2. The van der Waals surface area contributed by atoms with Gasteiger partial charge in [0.1, 0.15) is 17.6 Å². The largest absolute Gasteiger partial charge is 0.497 e. The summed E-state index contributed by atoms with van der Waals surface area (Å²) in [7, 11) is 1.51. The number of rotatable bonds is 5. The van der Waals surface area contributed by atoms with Crippen LogP contribution in [0.5, 0.6) is 5.75 Å². The van der Waals surface area contributed by atoms with Crippen LogP contribution in [0.15, 0.2) is 71.9 Å². The number of fused-ring (bicyclic) bond motifs is 3. The summed E-state index contributed by atoms with van der Waals surface area (Å²) in [6.07, 6.45) is 2.42. The normalized spacial score (nSPS) is 15.6. The van der Waals surface area contributed by atoms with Gasteiger partial charge in [-0.25, -0.2) is 9.37 Å². The number of carbonyl (C=O) groups is 1. The van der Waals surface area contributed by atoms with Crippen molar-refractivity contribution in [3.05, 3.63) is 89.5 Å². The Morgan fingerprint density at radius 3 is 2.84 bits per heavy atom. The Kier molecular flexibility index (Phi) is 5.57. The molecule has 0 bridgehead atoms. The van der Waals surface area contributed by atoms with Crippen LogP contribution in [0, 0.1) is 5.82 Å². The number of halogens is 1. The van der Waals surface area contributed by atoms with Crippen LogP contribution < -0.4 is 4.74 Å². The number of hydrogen-bond acceptors (Lipinski definition) is 4. The van der Waals surface area contributed by atoms with Gasteiger partial charge in [-0.3, -0.25) is 4.79 Å². The number of hydrogen-bond donors (Lipinski definition) is 1. The van der Waals surface area contributed by atoms with Gasteiger partial charge in [-0.2, -0.15) is 0 Å². The van der Waals surface area contributed by atoms with Crippen molar-refractivity contribution in [3.8, 4) is 5.75 Å². The second-order valence-corrected chi connectivity index (χ2v) is 8.64. The summed E-state index contributed by atoms with van der Waals surface area (Å²) in [5.41, 5.74) is 3.46. The predicted octanol–water partition coefficient (Wildman–Crippen LogP) is 4.98. The molecule has 0 saturated carbocycles. The Morgan fingerprint density at radius 1 is 1.22 bits per heavy atom. The molecule has 1 aliphatic rings. The van der Waals surface area contributed by atoms with Crippen molar-refractivity contribution in [1.29, 1.82) is 0 Å².